The van der Waals surface area contributed by atoms with Crippen LogP contribution >= 0.6 is 0 Å². The zero-order valence-electron chi connectivity index (χ0n) is 7.95. The third-order valence-electron chi connectivity index (χ3n) is 2.14. The van der Waals surface area contributed by atoms with E-state index in [1.54, 1.807) is 30.6 Å². The van der Waals surface area contributed by atoms with Gasteiger partial charge in [-0.3, -0.25) is 4.68 Å². The number of carboxylic acid groups (broad SMARTS) is 1. The van der Waals surface area contributed by atoms with Crippen LogP contribution in [-0.2, 0) is 4.79 Å². The zero-order valence-corrected chi connectivity index (χ0v) is 7.95. The van der Waals surface area contributed by atoms with Crippen LogP contribution in [-0.4, -0.2) is 20.9 Å². The Morgan fingerprint density at radius 3 is 2.53 bits per heavy atom. The number of nitrogens with zero attached hydrogens (tertiary/aromatic N) is 2. The second-order valence-electron chi connectivity index (χ2n) is 3.14. The predicted octanol–water partition coefficient (Wildman–Crippen LogP) is 1.56. The minimum absolute atomic E-state index is 0.716. The van der Waals surface area contributed by atoms with Crippen molar-refractivity contribution in [2.75, 3.05) is 0 Å². The van der Waals surface area contributed by atoms with E-state index in [2.05, 4.69) is 5.10 Å². The number of aliphatic carboxylic acids is 1. The van der Waals surface area contributed by atoms with Crippen LogP contribution in [0.4, 0.5) is 0 Å². The summed E-state index contributed by atoms with van der Waals surface area (Å²) in [5.41, 5.74) is 0.716. The molecule has 0 aliphatic heterocycles. The summed E-state index contributed by atoms with van der Waals surface area (Å²) in [5.74, 6) is -0.912. The molecule has 1 heterocycles. The second-order valence-corrected chi connectivity index (χ2v) is 3.14. The molecule has 1 aromatic carbocycles. The number of hydrogen-bond donors (Lipinski definition) is 1. The molecule has 4 nitrogen and oxygen atoms in total. The van der Waals surface area contributed by atoms with Crippen molar-refractivity contribution in [2.45, 2.75) is 6.04 Å². The molecule has 4 heteroatoms. The predicted molar refractivity (Wildman–Crippen MR) is 54.4 cm³/mol. The Balaban J connectivity index is 2.42. The Morgan fingerprint density at radius 2 is 2.00 bits per heavy atom. The summed E-state index contributed by atoms with van der Waals surface area (Å²) < 4.78 is 1.43. The fourth-order valence-electron chi connectivity index (χ4n) is 1.48. The quantitative estimate of drug-likeness (QED) is 0.821. The SMILES string of the molecule is O=C(O)C(c1ccccc1)n1cccn1. The Kier molecular flexibility index (Phi) is 2.49. The molecule has 0 bridgehead atoms. The number of carbonyl (C=O) groups is 1. The summed E-state index contributed by atoms with van der Waals surface area (Å²) in [6, 6.07) is 10.00. The molecular weight excluding hydrogens is 192 g/mol. The van der Waals surface area contributed by atoms with Crippen LogP contribution < -0.4 is 0 Å². The first kappa shape index (κ1) is 9.45. The molecule has 0 radical (unpaired) electrons. The van der Waals surface area contributed by atoms with Crippen molar-refractivity contribution in [3.63, 3.8) is 0 Å². The van der Waals surface area contributed by atoms with Gasteiger partial charge in [-0.05, 0) is 11.6 Å². The van der Waals surface area contributed by atoms with Gasteiger partial charge >= 0.3 is 5.97 Å². The van der Waals surface area contributed by atoms with E-state index in [1.165, 1.54) is 4.68 Å². The fraction of sp³-hybridized carbons (Fsp3) is 0.0909. The lowest BCUT2D eigenvalue weighted by atomic mass is 10.1. The van der Waals surface area contributed by atoms with Crippen molar-refractivity contribution < 1.29 is 9.90 Å². The van der Waals surface area contributed by atoms with Crippen molar-refractivity contribution in [1.29, 1.82) is 0 Å². The molecular formula is C11H10N2O2. The topological polar surface area (TPSA) is 55.1 Å². The van der Waals surface area contributed by atoms with Gasteiger partial charge in [-0.2, -0.15) is 5.10 Å². The largest absolute Gasteiger partial charge is 0.479 e. The Labute approximate surface area is 86.8 Å². The molecule has 0 aliphatic rings. The van der Waals surface area contributed by atoms with Gasteiger partial charge < -0.3 is 5.11 Å². The monoisotopic (exact) mass is 202 g/mol. The van der Waals surface area contributed by atoms with Crippen molar-refractivity contribution in [3.8, 4) is 0 Å². The normalized spacial score (nSPS) is 12.3. The summed E-state index contributed by atoms with van der Waals surface area (Å²) in [7, 11) is 0. The molecule has 0 saturated carbocycles. The van der Waals surface area contributed by atoms with Crippen molar-refractivity contribution >= 4 is 5.97 Å². The molecule has 2 aromatic rings. The lowest BCUT2D eigenvalue weighted by molar-refractivity contribution is -0.139. The highest BCUT2D eigenvalue weighted by atomic mass is 16.4. The summed E-state index contributed by atoms with van der Waals surface area (Å²) in [5, 5.41) is 13.1. The van der Waals surface area contributed by atoms with Crippen LogP contribution in [0.1, 0.15) is 11.6 Å². The first-order chi connectivity index (χ1) is 7.29. The first-order valence-electron chi connectivity index (χ1n) is 4.56. The molecule has 2 rings (SSSR count). The average molecular weight is 202 g/mol. The van der Waals surface area contributed by atoms with Crippen LogP contribution in [0.15, 0.2) is 48.8 Å². The maximum atomic E-state index is 11.1. The van der Waals surface area contributed by atoms with Gasteiger partial charge in [-0.15, -0.1) is 0 Å². The number of benzene rings is 1. The molecule has 0 amide bonds. The van der Waals surface area contributed by atoms with Gasteiger partial charge in [0.1, 0.15) is 0 Å². The molecule has 0 aliphatic carbocycles. The van der Waals surface area contributed by atoms with Crippen molar-refractivity contribution in [3.05, 3.63) is 54.4 Å². The summed E-state index contributed by atoms with van der Waals surface area (Å²) >= 11 is 0. The van der Waals surface area contributed by atoms with E-state index in [0.29, 0.717) is 5.56 Å². The summed E-state index contributed by atoms with van der Waals surface area (Å²) in [4.78, 5) is 11.1. The van der Waals surface area contributed by atoms with E-state index in [9.17, 15) is 4.79 Å². The zero-order chi connectivity index (χ0) is 10.7. The Hall–Kier alpha value is -2.10. The molecule has 1 atom stereocenters. The van der Waals surface area contributed by atoms with Gasteiger partial charge in [0, 0.05) is 12.4 Å². The molecule has 1 aromatic heterocycles. The smallest absolute Gasteiger partial charge is 0.333 e. The Bertz CT molecular complexity index is 437. The van der Waals surface area contributed by atoms with Gasteiger partial charge in [0.2, 0.25) is 0 Å². The van der Waals surface area contributed by atoms with Crippen molar-refractivity contribution in [2.24, 2.45) is 0 Å². The van der Waals surface area contributed by atoms with E-state index in [4.69, 9.17) is 5.11 Å². The highest BCUT2D eigenvalue weighted by Crippen LogP contribution is 2.16. The van der Waals surface area contributed by atoms with E-state index in [-0.39, 0.29) is 0 Å². The van der Waals surface area contributed by atoms with E-state index in [1.807, 2.05) is 18.2 Å². The van der Waals surface area contributed by atoms with Gasteiger partial charge in [0.15, 0.2) is 6.04 Å². The number of hydrogen-bond acceptors (Lipinski definition) is 2. The van der Waals surface area contributed by atoms with E-state index >= 15 is 0 Å². The third-order valence-corrected chi connectivity index (χ3v) is 2.14. The highest BCUT2D eigenvalue weighted by molar-refractivity contribution is 5.75. The molecule has 15 heavy (non-hydrogen) atoms. The number of aromatic nitrogens is 2. The van der Waals surface area contributed by atoms with Crippen LogP contribution in [0.3, 0.4) is 0 Å². The number of rotatable bonds is 3. The fourth-order valence-corrected chi connectivity index (χ4v) is 1.48. The van der Waals surface area contributed by atoms with Gasteiger partial charge in [0.05, 0.1) is 0 Å². The van der Waals surface area contributed by atoms with Crippen LogP contribution in [0.5, 0.6) is 0 Å². The molecule has 0 saturated heterocycles. The first-order valence-corrected chi connectivity index (χ1v) is 4.56. The standard InChI is InChI=1S/C11H10N2O2/c14-11(15)10(13-8-4-7-12-13)9-5-2-1-3-6-9/h1-8,10H,(H,14,15). The number of carboxylic acids is 1. The minimum atomic E-state index is -0.912. The third kappa shape index (κ3) is 1.88. The maximum Gasteiger partial charge on any atom is 0.333 e. The molecule has 1 unspecified atom stereocenters. The van der Waals surface area contributed by atoms with Crippen molar-refractivity contribution in [1.82, 2.24) is 9.78 Å². The summed E-state index contributed by atoms with van der Waals surface area (Å²) in [6.45, 7) is 0. The Morgan fingerprint density at radius 1 is 1.27 bits per heavy atom. The van der Waals surface area contributed by atoms with Gasteiger partial charge in [-0.1, -0.05) is 30.3 Å². The molecule has 76 valence electrons. The molecule has 0 spiro atoms. The van der Waals surface area contributed by atoms with Crippen LogP contribution in [0, 0.1) is 0 Å². The lowest BCUT2D eigenvalue weighted by Gasteiger charge is -2.12. The maximum absolute atomic E-state index is 11.1. The summed E-state index contributed by atoms with van der Waals surface area (Å²) in [6.07, 6.45) is 3.21. The minimum Gasteiger partial charge on any atom is -0.479 e. The second kappa shape index (κ2) is 3.96. The molecule has 1 N–H and O–H groups in total. The van der Waals surface area contributed by atoms with Crippen LogP contribution in [0.25, 0.3) is 0 Å². The highest BCUT2D eigenvalue weighted by Gasteiger charge is 2.21. The molecule has 0 fully saturated rings. The van der Waals surface area contributed by atoms with Gasteiger partial charge in [0.25, 0.3) is 0 Å². The van der Waals surface area contributed by atoms with Gasteiger partial charge in [-0.25, -0.2) is 4.79 Å². The van der Waals surface area contributed by atoms with E-state index < -0.39 is 12.0 Å². The average Bonchev–Trinajstić information content (AvgIpc) is 2.72. The van der Waals surface area contributed by atoms with Crippen LogP contribution in [0.2, 0.25) is 0 Å². The van der Waals surface area contributed by atoms with E-state index in [0.717, 1.165) is 0 Å². The lowest BCUT2D eigenvalue weighted by Crippen LogP contribution is -2.20.